The Morgan fingerprint density at radius 2 is 1.92 bits per heavy atom. The van der Waals surface area contributed by atoms with Crippen LogP contribution in [0.5, 0.6) is 17.2 Å². The third-order valence-corrected chi connectivity index (χ3v) is 3.88. The molecule has 0 saturated heterocycles. The number of nitrogens with one attached hydrogen (secondary N) is 1. The molecule has 0 aromatic heterocycles. The number of benzene rings is 2. The van der Waals surface area contributed by atoms with Gasteiger partial charge in [0, 0.05) is 24.7 Å². The van der Waals surface area contributed by atoms with E-state index in [9.17, 15) is 0 Å². The number of fused-ring (bicyclic) bond motifs is 1. The number of ether oxygens (including phenoxy) is 3. The molecule has 6 nitrogen and oxygen atoms in total. The average Bonchev–Trinajstić information content (AvgIpc) is 2.87. The number of anilines is 1. The van der Waals surface area contributed by atoms with Crippen LogP contribution in [0.2, 0.25) is 0 Å². The molecule has 0 aliphatic carbocycles. The molecule has 0 fully saturated rings. The lowest BCUT2D eigenvalue weighted by atomic mass is 10.1. The van der Waals surface area contributed by atoms with E-state index in [4.69, 9.17) is 19.9 Å². The predicted octanol–water partition coefficient (Wildman–Crippen LogP) is 3.44. The van der Waals surface area contributed by atoms with Crippen LogP contribution in [0, 0.1) is 0 Å². The molecule has 2 aromatic rings. The SMILES string of the molecule is COc1ccccc1CCN=C(N)Nc1ccc2c(c1)OCCCO2.I. The van der Waals surface area contributed by atoms with Crippen LogP contribution in [0.15, 0.2) is 47.5 Å². The standard InChI is InChI=1S/C19H23N3O3.HI/c1-23-16-6-3-2-5-14(16)9-10-21-19(20)22-15-7-8-17-18(13-15)25-12-4-11-24-17;/h2-3,5-8,13H,4,9-12H2,1H3,(H3,20,21,22);1H. The largest absolute Gasteiger partial charge is 0.496 e. The van der Waals surface area contributed by atoms with Crippen LogP contribution < -0.4 is 25.3 Å². The van der Waals surface area contributed by atoms with E-state index >= 15 is 0 Å². The summed E-state index contributed by atoms with van der Waals surface area (Å²) in [6.45, 7) is 1.90. The van der Waals surface area contributed by atoms with Crippen molar-refractivity contribution in [2.75, 3.05) is 32.2 Å². The number of aliphatic imine (C=N–C) groups is 1. The molecular weight excluding hydrogens is 445 g/mol. The van der Waals surface area contributed by atoms with Crippen molar-refractivity contribution in [1.82, 2.24) is 0 Å². The molecule has 7 heteroatoms. The van der Waals surface area contributed by atoms with Gasteiger partial charge >= 0.3 is 0 Å². The lowest BCUT2D eigenvalue weighted by molar-refractivity contribution is 0.297. The first-order valence-corrected chi connectivity index (χ1v) is 8.35. The van der Waals surface area contributed by atoms with Crippen molar-refractivity contribution >= 4 is 35.6 Å². The number of hydrogen-bond acceptors (Lipinski definition) is 4. The Labute approximate surface area is 170 Å². The normalized spacial score (nSPS) is 13.3. The van der Waals surface area contributed by atoms with Gasteiger partial charge in [0.15, 0.2) is 17.5 Å². The summed E-state index contributed by atoms with van der Waals surface area (Å²) in [5, 5.41) is 3.09. The maximum atomic E-state index is 5.98. The monoisotopic (exact) mass is 469 g/mol. The highest BCUT2D eigenvalue weighted by Crippen LogP contribution is 2.32. The molecule has 1 aliphatic rings. The van der Waals surface area contributed by atoms with Gasteiger partial charge in [-0.15, -0.1) is 24.0 Å². The molecule has 0 saturated carbocycles. The van der Waals surface area contributed by atoms with Gasteiger partial charge in [-0.2, -0.15) is 0 Å². The maximum absolute atomic E-state index is 5.98. The van der Waals surface area contributed by atoms with Crippen LogP contribution >= 0.6 is 24.0 Å². The van der Waals surface area contributed by atoms with Crippen molar-refractivity contribution < 1.29 is 14.2 Å². The third kappa shape index (κ3) is 5.42. The van der Waals surface area contributed by atoms with Crippen LogP contribution in [0.4, 0.5) is 5.69 Å². The van der Waals surface area contributed by atoms with Crippen molar-refractivity contribution in [1.29, 1.82) is 0 Å². The number of para-hydroxylation sites is 1. The second kappa shape index (κ2) is 10.1. The van der Waals surface area contributed by atoms with Crippen LogP contribution in [0.25, 0.3) is 0 Å². The Balaban J connectivity index is 0.00000243. The van der Waals surface area contributed by atoms with Crippen LogP contribution in [-0.4, -0.2) is 32.8 Å². The molecule has 0 bridgehead atoms. The summed E-state index contributed by atoms with van der Waals surface area (Å²) < 4.78 is 16.6. The molecular formula is C19H24IN3O3. The van der Waals surface area contributed by atoms with Gasteiger partial charge in [-0.25, -0.2) is 0 Å². The predicted molar refractivity (Wildman–Crippen MR) is 114 cm³/mol. The van der Waals surface area contributed by atoms with E-state index in [1.807, 2.05) is 42.5 Å². The Morgan fingerprint density at radius 3 is 2.73 bits per heavy atom. The van der Waals surface area contributed by atoms with Gasteiger partial charge < -0.3 is 25.3 Å². The summed E-state index contributed by atoms with van der Waals surface area (Å²) in [7, 11) is 1.67. The zero-order chi connectivity index (χ0) is 17.5. The average molecular weight is 469 g/mol. The highest BCUT2D eigenvalue weighted by molar-refractivity contribution is 14.0. The summed E-state index contributed by atoms with van der Waals surface area (Å²) in [5.41, 5.74) is 7.91. The van der Waals surface area contributed by atoms with Crippen LogP contribution in [0.3, 0.4) is 0 Å². The topological polar surface area (TPSA) is 78.1 Å². The molecule has 140 valence electrons. The molecule has 3 N–H and O–H groups in total. The summed E-state index contributed by atoms with van der Waals surface area (Å²) in [5.74, 6) is 2.72. The fourth-order valence-electron chi connectivity index (χ4n) is 2.63. The highest BCUT2D eigenvalue weighted by atomic mass is 127. The number of guanidine groups is 1. The summed E-state index contributed by atoms with van der Waals surface area (Å²) in [6, 6.07) is 13.6. The summed E-state index contributed by atoms with van der Waals surface area (Å²) in [4.78, 5) is 4.38. The maximum Gasteiger partial charge on any atom is 0.193 e. The van der Waals surface area contributed by atoms with Gasteiger partial charge in [-0.05, 0) is 30.2 Å². The van der Waals surface area contributed by atoms with Crippen LogP contribution in [-0.2, 0) is 6.42 Å². The minimum Gasteiger partial charge on any atom is -0.496 e. The summed E-state index contributed by atoms with van der Waals surface area (Å²) in [6.07, 6.45) is 1.64. The number of hydrogen-bond donors (Lipinski definition) is 2. The fourth-order valence-corrected chi connectivity index (χ4v) is 2.63. The second-order valence-electron chi connectivity index (χ2n) is 5.67. The van der Waals surface area contributed by atoms with E-state index in [0.717, 1.165) is 41.3 Å². The van der Waals surface area contributed by atoms with E-state index in [1.54, 1.807) is 7.11 Å². The van der Waals surface area contributed by atoms with E-state index in [0.29, 0.717) is 25.7 Å². The first kappa shape index (κ1) is 20.2. The highest BCUT2D eigenvalue weighted by Gasteiger charge is 2.10. The number of halogens is 1. The van der Waals surface area contributed by atoms with Crippen molar-refractivity contribution in [2.24, 2.45) is 10.7 Å². The molecule has 26 heavy (non-hydrogen) atoms. The van der Waals surface area contributed by atoms with Gasteiger partial charge in [-0.3, -0.25) is 4.99 Å². The first-order chi connectivity index (χ1) is 12.3. The van der Waals surface area contributed by atoms with Crippen molar-refractivity contribution in [3.8, 4) is 17.2 Å². The Bertz CT molecular complexity index is 753. The van der Waals surface area contributed by atoms with Crippen molar-refractivity contribution in [3.63, 3.8) is 0 Å². The Hall–Kier alpha value is -2.16. The minimum atomic E-state index is 0. The Kier molecular flexibility index (Phi) is 7.83. The second-order valence-corrected chi connectivity index (χ2v) is 5.67. The molecule has 0 unspecified atom stereocenters. The molecule has 1 aliphatic heterocycles. The summed E-state index contributed by atoms with van der Waals surface area (Å²) >= 11 is 0. The number of methoxy groups -OCH3 is 1. The van der Waals surface area contributed by atoms with Gasteiger partial charge in [0.25, 0.3) is 0 Å². The van der Waals surface area contributed by atoms with Gasteiger partial charge in [0.05, 0.1) is 20.3 Å². The van der Waals surface area contributed by atoms with Crippen LogP contribution in [0.1, 0.15) is 12.0 Å². The molecule has 1 heterocycles. The van der Waals surface area contributed by atoms with E-state index < -0.39 is 0 Å². The van der Waals surface area contributed by atoms with Gasteiger partial charge in [0.1, 0.15) is 5.75 Å². The number of nitrogens with zero attached hydrogens (tertiary/aromatic N) is 1. The Morgan fingerprint density at radius 1 is 1.15 bits per heavy atom. The van der Waals surface area contributed by atoms with Crippen molar-refractivity contribution in [2.45, 2.75) is 12.8 Å². The zero-order valence-electron chi connectivity index (χ0n) is 14.7. The smallest absolute Gasteiger partial charge is 0.193 e. The molecule has 0 atom stereocenters. The van der Waals surface area contributed by atoms with Gasteiger partial charge in [0.2, 0.25) is 0 Å². The van der Waals surface area contributed by atoms with Gasteiger partial charge in [-0.1, -0.05) is 18.2 Å². The zero-order valence-corrected chi connectivity index (χ0v) is 17.1. The third-order valence-electron chi connectivity index (χ3n) is 3.88. The van der Waals surface area contributed by atoms with E-state index in [-0.39, 0.29) is 24.0 Å². The number of nitrogens with two attached hydrogens (primary N) is 1. The lowest BCUT2D eigenvalue weighted by Gasteiger charge is -2.11. The molecule has 2 aromatic carbocycles. The molecule has 0 amide bonds. The molecule has 3 rings (SSSR count). The number of rotatable bonds is 5. The lowest BCUT2D eigenvalue weighted by Crippen LogP contribution is -2.23. The molecule has 0 spiro atoms. The first-order valence-electron chi connectivity index (χ1n) is 8.35. The molecule has 0 radical (unpaired) electrons. The quantitative estimate of drug-likeness (QED) is 0.399. The van der Waals surface area contributed by atoms with E-state index in [2.05, 4.69) is 10.3 Å². The van der Waals surface area contributed by atoms with E-state index in [1.165, 1.54) is 0 Å². The fraction of sp³-hybridized carbons (Fsp3) is 0.316. The van der Waals surface area contributed by atoms with Crippen molar-refractivity contribution in [3.05, 3.63) is 48.0 Å². The minimum absolute atomic E-state index is 0.